The van der Waals surface area contributed by atoms with Gasteiger partial charge in [-0.2, -0.15) is 0 Å². The number of thiocarbonyl (C=S) groups is 1. The summed E-state index contributed by atoms with van der Waals surface area (Å²) in [5, 5.41) is 0. The lowest BCUT2D eigenvalue weighted by Crippen LogP contribution is -2.27. The van der Waals surface area contributed by atoms with E-state index in [0.717, 1.165) is 11.3 Å². The third-order valence-corrected chi connectivity index (χ3v) is 5.12. The highest BCUT2D eigenvalue weighted by Gasteiger charge is 2.34. The Labute approximate surface area is 154 Å². The molecule has 25 heavy (non-hydrogen) atoms. The van der Waals surface area contributed by atoms with Gasteiger partial charge in [-0.15, -0.1) is 0 Å². The second-order valence-corrected chi connectivity index (χ2v) is 7.00. The van der Waals surface area contributed by atoms with Crippen LogP contribution in [0.2, 0.25) is 0 Å². The Morgan fingerprint density at radius 1 is 1.16 bits per heavy atom. The summed E-state index contributed by atoms with van der Waals surface area (Å²) in [6.45, 7) is 0.189. The molecule has 0 radical (unpaired) electrons. The molecule has 2 aliphatic rings. The average molecular weight is 371 g/mol. The van der Waals surface area contributed by atoms with Gasteiger partial charge in [-0.05, 0) is 35.9 Å². The molecule has 7 heteroatoms. The molecule has 1 fully saturated rings. The number of methoxy groups -OCH3 is 1. The van der Waals surface area contributed by atoms with Crippen molar-refractivity contribution in [3.63, 3.8) is 0 Å². The van der Waals surface area contributed by atoms with Crippen LogP contribution in [0, 0.1) is 0 Å². The predicted molar refractivity (Wildman–Crippen MR) is 101 cm³/mol. The molecule has 1 saturated heterocycles. The SMILES string of the molecule is COc1ccc(/C=C2/SC(=S)N(c3ccc4c(c3)OCO4)C2=O)cc1. The zero-order valence-corrected chi connectivity index (χ0v) is 14.9. The number of nitrogens with zero attached hydrogens (tertiary/aromatic N) is 1. The summed E-state index contributed by atoms with van der Waals surface area (Å²) in [7, 11) is 1.62. The molecule has 0 aromatic heterocycles. The number of rotatable bonds is 3. The zero-order chi connectivity index (χ0) is 17.4. The monoisotopic (exact) mass is 371 g/mol. The quantitative estimate of drug-likeness (QED) is 0.604. The molecular formula is C18H13NO4S2. The summed E-state index contributed by atoms with van der Waals surface area (Å²) in [6, 6.07) is 12.8. The molecular weight excluding hydrogens is 358 g/mol. The number of amides is 1. The Kier molecular flexibility index (Phi) is 4.10. The number of hydrogen-bond donors (Lipinski definition) is 0. The van der Waals surface area contributed by atoms with Crippen LogP contribution in [-0.4, -0.2) is 24.1 Å². The molecule has 0 aliphatic carbocycles. The number of thioether (sulfide) groups is 1. The van der Waals surface area contributed by atoms with Gasteiger partial charge in [0.15, 0.2) is 15.8 Å². The fourth-order valence-corrected chi connectivity index (χ4v) is 3.87. The number of carbonyl (C=O) groups excluding carboxylic acids is 1. The zero-order valence-electron chi connectivity index (χ0n) is 13.2. The van der Waals surface area contributed by atoms with Crippen molar-refractivity contribution in [2.75, 3.05) is 18.8 Å². The highest BCUT2D eigenvalue weighted by atomic mass is 32.2. The van der Waals surface area contributed by atoms with Crippen molar-refractivity contribution in [3.05, 3.63) is 52.9 Å². The lowest BCUT2D eigenvalue weighted by molar-refractivity contribution is -0.113. The second-order valence-electron chi connectivity index (χ2n) is 5.33. The number of fused-ring (bicyclic) bond motifs is 1. The molecule has 4 rings (SSSR count). The summed E-state index contributed by atoms with van der Waals surface area (Å²) >= 11 is 6.68. The molecule has 0 spiro atoms. The van der Waals surface area contributed by atoms with Gasteiger partial charge in [0.05, 0.1) is 17.7 Å². The van der Waals surface area contributed by atoms with E-state index in [9.17, 15) is 4.79 Å². The molecule has 0 atom stereocenters. The number of hydrogen-bond acceptors (Lipinski definition) is 6. The number of carbonyl (C=O) groups is 1. The van der Waals surface area contributed by atoms with Crippen molar-refractivity contribution in [1.82, 2.24) is 0 Å². The van der Waals surface area contributed by atoms with Crippen LogP contribution in [0.15, 0.2) is 47.4 Å². The molecule has 0 unspecified atom stereocenters. The Hall–Kier alpha value is -2.51. The molecule has 0 bridgehead atoms. The first-order valence-corrected chi connectivity index (χ1v) is 8.70. The van der Waals surface area contributed by atoms with Crippen molar-refractivity contribution >= 4 is 46.0 Å². The molecule has 126 valence electrons. The van der Waals surface area contributed by atoms with E-state index in [1.807, 2.05) is 30.3 Å². The van der Waals surface area contributed by atoms with E-state index >= 15 is 0 Å². The normalized spacial score (nSPS) is 17.5. The molecule has 2 aromatic rings. The Morgan fingerprint density at radius 3 is 2.68 bits per heavy atom. The van der Waals surface area contributed by atoms with E-state index in [1.54, 1.807) is 25.3 Å². The van der Waals surface area contributed by atoms with E-state index in [-0.39, 0.29) is 12.7 Å². The largest absolute Gasteiger partial charge is 0.497 e. The summed E-state index contributed by atoms with van der Waals surface area (Å²) in [6.07, 6.45) is 1.83. The van der Waals surface area contributed by atoms with E-state index in [0.29, 0.717) is 26.4 Å². The smallest absolute Gasteiger partial charge is 0.270 e. The molecule has 0 N–H and O–H groups in total. The highest BCUT2D eigenvalue weighted by molar-refractivity contribution is 8.27. The van der Waals surface area contributed by atoms with Crippen LogP contribution in [0.3, 0.4) is 0 Å². The Balaban J connectivity index is 1.62. The Bertz CT molecular complexity index is 892. The minimum absolute atomic E-state index is 0.148. The van der Waals surface area contributed by atoms with Gasteiger partial charge in [-0.1, -0.05) is 36.1 Å². The first kappa shape index (κ1) is 16.0. The first-order valence-electron chi connectivity index (χ1n) is 7.47. The topological polar surface area (TPSA) is 48.0 Å². The lowest BCUT2D eigenvalue weighted by atomic mass is 10.2. The fourth-order valence-electron chi connectivity index (χ4n) is 2.57. The van der Waals surface area contributed by atoms with Gasteiger partial charge in [0.25, 0.3) is 5.91 Å². The summed E-state index contributed by atoms with van der Waals surface area (Å²) < 4.78 is 16.3. The van der Waals surface area contributed by atoms with Crippen molar-refractivity contribution in [2.45, 2.75) is 0 Å². The number of anilines is 1. The highest BCUT2D eigenvalue weighted by Crippen LogP contribution is 2.40. The van der Waals surface area contributed by atoms with Gasteiger partial charge < -0.3 is 14.2 Å². The van der Waals surface area contributed by atoms with Gasteiger partial charge >= 0.3 is 0 Å². The molecule has 2 aliphatic heterocycles. The van der Waals surface area contributed by atoms with Crippen molar-refractivity contribution in [2.24, 2.45) is 0 Å². The summed E-state index contributed by atoms with van der Waals surface area (Å²) in [5.74, 6) is 1.91. The molecule has 2 heterocycles. The van der Waals surface area contributed by atoms with Crippen molar-refractivity contribution < 1.29 is 19.0 Å². The minimum Gasteiger partial charge on any atom is -0.497 e. The molecule has 5 nitrogen and oxygen atoms in total. The standard InChI is InChI=1S/C18H13NO4S2/c1-21-13-5-2-11(3-6-13)8-16-17(20)19(18(24)25-16)12-4-7-14-15(9-12)23-10-22-14/h2-9H,10H2,1H3/b16-8+. The van der Waals surface area contributed by atoms with Crippen LogP contribution in [0.1, 0.15) is 5.56 Å². The summed E-state index contributed by atoms with van der Waals surface area (Å²) in [5.41, 5.74) is 1.58. The lowest BCUT2D eigenvalue weighted by Gasteiger charge is -2.14. The van der Waals surface area contributed by atoms with E-state index in [4.69, 9.17) is 26.4 Å². The second kappa shape index (κ2) is 6.42. The van der Waals surface area contributed by atoms with Gasteiger partial charge in [0.1, 0.15) is 5.75 Å². The number of benzene rings is 2. The van der Waals surface area contributed by atoms with Crippen molar-refractivity contribution in [3.8, 4) is 17.2 Å². The maximum atomic E-state index is 12.8. The van der Waals surface area contributed by atoms with Gasteiger partial charge in [0, 0.05) is 6.07 Å². The predicted octanol–water partition coefficient (Wildman–Crippen LogP) is 3.83. The third kappa shape index (κ3) is 2.96. The van der Waals surface area contributed by atoms with Crippen LogP contribution in [0.25, 0.3) is 6.08 Å². The minimum atomic E-state index is -0.148. The first-order chi connectivity index (χ1) is 12.2. The van der Waals surface area contributed by atoms with Gasteiger partial charge in [0.2, 0.25) is 6.79 Å². The van der Waals surface area contributed by atoms with Crippen LogP contribution in [0.4, 0.5) is 5.69 Å². The van der Waals surface area contributed by atoms with Crippen LogP contribution in [0.5, 0.6) is 17.2 Å². The average Bonchev–Trinajstić information content (AvgIpc) is 3.19. The van der Waals surface area contributed by atoms with E-state index < -0.39 is 0 Å². The van der Waals surface area contributed by atoms with Crippen LogP contribution >= 0.6 is 24.0 Å². The van der Waals surface area contributed by atoms with Crippen LogP contribution in [-0.2, 0) is 4.79 Å². The van der Waals surface area contributed by atoms with Gasteiger partial charge in [-0.3, -0.25) is 9.69 Å². The third-order valence-electron chi connectivity index (χ3n) is 3.82. The summed E-state index contributed by atoms with van der Waals surface area (Å²) in [4.78, 5) is 14.9. The molecule has 0 saturated carbocycles. The molecule has 2 aromatic carbocycles. The Morgan fingerprint density at radius 2 is 1.92 bits per heavy atom. The maximum absolute atomic E-state index is 12.8. The fraction of sp³-hybridized carbons (Fsp3) is 0.111. The molecule has 1 amide bonds. The van der Waals surface area contributed by atoms with E-state index in [1.165, 1.54) is 16.7 Å². The van der Waals surface area contributed by atoms with Gasteiger partial charge in [-0.25, -0.2) is 0 Å². The van der Waals surface area contributed by atoms with Crippen LogP contribution < -0.4 is 19.1 Å². The maximum Gasteiger partial charge on any atom is 0.270 e. The van der Waals surface area contributed by atoms with Crippen molar-refractivity contribution in [1.29, 1.82) is 0 Å². The van der Waals surface area contributed by atoms with E-state index in [2.05, 4.69) is 0 Å². The number of ether oxygens (including phenoxy) is 3.